The molecule has 0 aliphatic heterocycles. The maximum atomic E-state index is 10.4. The molecule has 12 heavy (non-hydrogen) atoms. The second-order valence-corrected chi connectivity index (χ2v) is 2.00. The van der Waals surface area contributed by atoms with Crippen LogP contribution in [0, 0.1) is 0 Å². The van der Waals surface area contributed by atoms with Gasteiger partial charge in [-0.05, 0) is 13.3 Å². The van der Waals surface area contributed by atoms with Gasteiger partial charge in [-0.2, -0.15) is 0 Å². The molecule has 0 aromatic heterocycles. The highest BCUT2D eigenvalue weighted by Crippen LogP contribution is 1.89. The molecule has 4 heteroatoms. The monoisotopic (exact) mass is 178 g/mol. The smallest absolute Gasteiger partial charge is 0.305 e. The molecule has 0 amide bonds. The number of hydrogen-bond donors (Lipinski definition) is 2. The molecule has 0 aliphatic carbocycles. The van der Waals surface area contributed by atoms with Crippen LogP contribution < -0.4 is 0 Å². The number of carbonyl (C=O) groups excluding carboxylic acids is 1. The van der Waals surface area contributed by atoms with Crippen LogP contribution in [0.15, 0.2) is 0 Å². The Morgan fingerprint density at radius 3 is 2.00 bits per heavy atom. The predicted octanol–water partition coefficient (Wildman–Crippen LogP) is 0.321. The quantitative estimate of drug-likeness (QED) is 0.608. The summed E-state index contributed by atoms with van der Waals surface area (Å²) in [6.07, 6.45) is 1.42. The molecule has 0 aromatic rings. The Labute approximate surface area is 73.2 Å². The molecule has 0 spiro atoms. The highest BCUT2D eigenvalue weighted by Gasteiger charge is 1.95. The Morgan fingerprint density at radius 2 is 1.75 bits per heavy atom. The molecule has 0 bridgehead atoms. The summed E-state index contributed by atoms with van der Waals surface area (Å²) < 4.78 is 4.64. The number of aliphatic hydroxyl groups is 2. The normalized spacial score (nSPS) is 8.33. The zero-order chi connectivity index (χ0) is 9.82. The van der Waals surface area contributed by atoms with Gasteiger partial charge in [0.25, 0.3) is 0 Å². The van der Waals surface area contributed by atoms with Crippen LogP contribution in [0.25, 0.3) is 0 Å². The Morgan fingerprint density at radius 1 is 1.25 bits per heavy atom. The fraction of sp³-hybridized carbons (Fsp3) is 0.875. The molecular weight excluding hydrogens is 160 g/mol. The van der Waals surface area contributed by atoms with Crippen LogP contribution in [0.1, 0.15) is 26.7 Å². The van der Waals surface area contributed by atoms with Gasteiger partial charge in [0.15, 0.2) is 0 Å². The molecule has 4 nitrogen and oxygen atoms in total. The van der Waals surface area contributed by atoms with Gasteiger partial charge >= 0.3 is 5.97 Å². The maximum absolute atomic E-state index is 10.4. The maximum Gasteiger partial charge on any atom is 0.305 e. The van der Waals surface area contributed by atoms with Crippen LogP contribution in [-0.4, -0.2) is 36.0 Å². The molecule has 0 rings (SSSR count). The first-order valence-electron chi connectivity index (χ1n) is 4.10. The lowest BCUT2D eigenvalue weighted by molar-refractivity contribution is -0.143. The molecule has 0 heterocycles. The first kappa shape index (κ1) is 13.9. The average molecular weight is 178 g/mol. The van der Waals surface area contributed by atoms with E-state index in [4.69, 9.17) is 10.2 Å². The van der Waals surface area contributed by atoms with E-state index in [1.165, 1.54) is 0 Å². The Hall–Kier alpha value is -0.610. The SMILES string of the molecule is CCCC(=O)OCC.OCCO. The van der Waals surface area contributed by atoms with Crippen molar-refractivity contribution in [3.8, 4) is 0 Å². The predicted molar refractivity (Wildman–Crippen MR) is 45.7 cm³/mol. The third-order valence-corrected chi connectivity index (χ3v) is 0.859. The third-order valence-electron chi connectivity index (χ3n) is 0.859. The molecule has 0 saturated heterocycles. The summed E-state index contributed by atoms with van der Waals surface area (Å²) in [5, 5.41) is 15.2. The molecular formula is C8H18O4. The summed E-state index contributed by atoms with van der Waals surface area (Å²) in [5.41, 5.74) is 0. The minimum atomic E-state index is -0.125. The van der Waals surface area contributed by atoms with Gasteiger partial charge in [-0.15, -0.1) is 0 Å². The molecule has 74 valence electrons. The summed E-state index contributed by atoms with van der Waals surface area (Å²) in [4.78, 5) is 10.4. The summed E-state index contributed by atoms with van der Waals surface area (Å²) in [5.74, 6) is -0.0880. The second kappa shape index (κ2) is 13.0. The highest BCUT2D eigenvalue weighted by molar-refractivity contribution is 5.69. The topological polar surface area (TPSA) is 66.8 Å². The molecule has 0 aliphatic rings. The van der Waals surface area contributed by atoms with Gasteiger partial charge in [0.05, 0.1) is 19.8 Å². The van der Waals surface area contributed by atoms with Crippen molar-refractivity contribution in [3.63, 3.8) is 0 Å². The van der Waals surface area contributed by atoms with E-state index in [-0.39, 0.29) is 19.2 Å². The van der Waals surface area contributed by atoms with E-state index >= 15 is 0 Å². The van der Waals surface area contributed by atoms with E-state index in [0.717, 1.165) is 6.42 Å². The number of hydrogen-bond acceptors (Lipinski definition) is 4. The molecule has 2 N–H and O–H groups in total. The van der Waals surface area contributed by atoms with Crippen molar-refractivity contribution in [3.05, 3.63) is 0 Å². The van der Waals surface area contributed by atoms with E-state index in [0.29, 0.717) is 13.0 Å². The molecule has 0 aromatic carbocycles. The van der Waals surface area contributed by atoms with Crippen molar-refractivity contribution >= 4 is 5.97 Å². The van der Waals surface area contributed by atoms with Crippen molar-refractivity contribution in [1.82, 2.24) is 0 Å². The number of aliphatic hydroxyl groups excluding tert-OH is 2. The van der Waals surface area contributed by atoms with E-state index in [1.807, 2.05) is 13.8 Å². The Kier molecular flexibility index (Phi) is 15.1. The van der Waals surface area contributed by atoms with E-state index < -0.39 is 0 Å². The first-order valence-corrected chi connectivity index (χ1v) is 4.10. The molecule has 0 unspecified atom stereocenters. The summed E-state index contributed by atoms with van der Waals surface area (Å²) in [6, 6.07) is 0. The molecule has 0 atom stereocenters. The van der Waals surface area contributed by atoms with Crippen molar-refractivity contribution in [2.75, 3.05) is 19.8 Å². The summed E-state index contributed by atoms with van der Waals surface area (Å²) in [6.45, 7) is 4.02. The number of rotatable bonds is 4. The number of esters is 1. The zero-order valence-corrected chi connectivity index (χ0v) is 7.75. The van der Waals surface area contributed by atoms with Crippen LogP contribution in [0.4, 0.5) is 0 Å². The van der Waals surface area contributed by atoms with Crippen molar-refractivity contribution in [1.29, 1.82) is 0 Å². The minimum absolute atomic E-state index is 0.0880. The van der Waals surface area contributed by atoms with Crippen LogP contribution in [0.3, 0.4) is 0 Å². The van der Waals surface area contributed by atoms with Gasteiger partial charge in [0.2, 0.25) is 0 Å². The first-order chi connectivity index (χ1) is 5.72. The van der Waals surface area contributed by atoms with E-state index in [1.54, 1.807) is 0 Å². The van der Waals surface area contributed by atoms with E-state index in [9.17, 15) is 4.79 Å². The van der Waals surface area contributed by atoms with Gasteiger partial charge in [0, 0.05) is 6.42 Å². The molecule has 0 radical (unpaired) electrons. The van der Waals surface area contributed by atoms with Gasteiger partial charge in [0.1, 0.15) is 0 Å². The molecule has 0 saturated carbocycles. The lowest BCUT2D eigenvalue weighted by Crippen LogP contribution is -2.01. The highest BCUT2D eigenvalue weighted by atomic mass is 16.5. The standard InChI is InChI=1S/C6H12O2.C2H6O2/c1-3-5-6(7)8-4-2;3-1-2-4/h3-5H2,1-2H3;3-4H,1-2H2. The fourth-order valence-electron chi connectivity index (χ4n) is 0.437. The van der Waals surface area contributed by atoms with Gasteiger partial charge in [-0.1, -0.05) is 6.92 Å². The van der Waals surface area contributed by atoms with Crippen molar-refractivity contribution in [2.45, 2.75) is 26.7 Å². The fourth-order valence-corrected chi connectivity index (χ4v) is 0.437. The van der Waals surface area contributed by atoms with Gasteiger partial charge < -0.3 is 14.9 Å². The molecule has 0 fully saturated rings. The van der Waals surface area contributed by atoms with Crippen LogP contribution in [-0.2, 0) is 9.53 Å². The van der Waals surface area contributed by atoms with Crippen LogP contribution >= 0.6 is 0 Å². The third kappa shape index (κ3) is 16.2. The van der Waals surface area contributed by atoms with Gasteiger partial charge in [-0.3, -0.25) is 4.79 Å². The number of ether oxygens (including phenoxy) is 1. The number of carbonyl (C=O) groups is 1. The average Bonchev–Trinajstić information content (AvgIpc) is 2.06. The van der Waals surface area contributed by atoms with E-state index in [2.05, 4.69) is 4.74 Å². The Balaban J connectivity index is 0. The summed E-state index contributed by atoms with van der Waals surface area (Å²) in [7, 11) is 0. The van der Waals surface area contributed by atoms with Crippen molar-refractivity contribution < 1.29 is 19.7 Å². The Bertz CT molecular complexity index is 83.1. The van der Waals surface area contributed by atoms with Gasteiger partial charge in [-0.25, -0.2) is 0 Å². The largest absolute Gasteiger partial charge is 0.466 e. The lowest BCUT2D eigenvalue weighted by Gasteiger charge is -1.96. The second-order valence-electron chi connectivity index (χ2n) is 2.00. The summed E-state index contributed by atoms with van der Waals surface area (Å²) >= 11 is 0. The van der Waals surface area contributed by atoms with Crippen LogP contribution in [0.5, 0.6) is 0 Å². The van der Waals surface area contributed by atoms with Crippen LogP contribution in [0.2, 0.25) is 0 Å². The lowest BCUT2D eigenvalue weighted by atomic mass is 10.3. The minimum Gasteiger partial charge on any atom is -0.466 e. The zero-order valence-electron chi connectivity index (χ0n) is 7.75. The van der Waals surface area contributed by atoms with Crippen molar-refractivity contribution in [2.24, 2.45) is 0 Å².